The minimum Gasteiger partial charge on any atom is -0.311 e. The molecule has 1 fully saturated rings. The van der Waals surface area contributed by atoms with Crippen molar-refractivity contribution in [3.8, 4) is 0 Å². The van der Waals surface area contributed by atoms with E-state index in [9.17, 15) is 0 Å². The second-order valence-corrected chi connectivity index (χ2v) is 5.26. The summed E-state index contributed by atoms with van der Waals surface area (Å²) in [6.45, 7) is 3.42. The van der Waals surface area contributed by atoms with E-state index in [-0.39, 0.29) is 0 Å². The van der Waals surface area contributed by atoms with Crippen LogP contribution in [0.1, 0.15) is 50.2 Å². The lowest BCUT2D eigenvalue weighted by molar-refractivity contribution is 0.455. The third-order valence-corrected chi connectivity index (χ3v) is 3.67. The Morgan fingerprint density at radius 3 is 2.72 bits per heavy atom. The van der Waals surface area contributed by atoms with Gasteiger partial charge in [0.15, 0.2) is 0 Å². The molecule has 1 saturated heterocycles. The van der Waals surface area contributed by atoms with Crippen molar-refractivity contribution in [2.24, 2.45) is 0 Å². The molecule has 18 heavy (non-hydrogen) atoms. The van der Waals surface area contributed by atoms with Crippen molar-refractivity contribution in [3.05, 3.63) is 41.5 Å². The molecule has 1 aliphatic heterocycles. The van der Waals surface area contributed by atoms with E-state index in [1.54, 1.807) is 0 Å². The van der Waals surface area contributed by atoms with Crippen molar-refractivity contribution in [1.82, 2.24) is 5.32 Å². The number of benzene rings is 1. The fourth-order valence-electron chi connectivity index (χ4n) is 2.45. The summed E-state index contributed by atoms with van der Waals surface area (Å²) in [7, 11) is 0. The Balaban J connectivity index is 1.86. The number of aryl methyl sites for hydroxylation is 1. The second-order valence-electron chi connectivity index (χ2n) is 5.26. The number of unbranched alkanes of at least 4 members (excludes halogenated alkanes) is 1. The molecule has 1 nitrogen and oxygen atoms in total. The van der Waals surface area contributed by atoms with Crippen LogP contribution in [0.5, 0.6) is 0 Å². The van der Waals surface area contributed by atoms with E-state index < -0.39 is 0 Å². The topological polar surface area (TPSA) is 12.0 Å². The van der Waals surface area contributed by atoms with Gasteiger partial charge in [0.1, 0.15) is 0 Å². The Morgan fingerprint density at radius 2 is 2.06 bits per heavy atom. The second kappa shape index (κ2) is 7.38. The van der Waals surface area contributed by atoms with Crippen LogP contribution < -0.4 is 5.32 Å². The summed E-state index contributed by atoms with van der Waals surface area (Å²) in [5.41, 5.74) is 2.78. The minimum atomic E-state index is 0.582. The maximum absolute atomic E-state index is 3.54. The standard InChI is InChI=1S/C17H25N/c1-2-3-6-15-8-10-16(11-9-15)12-13-17-7-4-5-14-18-17/h8-13,17-18H,2-7,14H2,1H3/b13-12+. The highest BCUT2D eigenvalue weighted by Gasteiger charge is 2.07. The lowest BCUT2D eigenvalue weighted by atomic mass is 10.0. The van der Waals surface area contributed by atoms with Crippen molar-refractivity contribution in [1.29, 1.82) is 0 Å². The number of hydrogen-bond donors (Lipinski definition) is 1. The first-order valence-corrected chi connectivity index (χ1v) is 7.39. The molecule has 98 valence electrons. The van der Waals surface area contributed by atoms with Gasteiger partial charge >= 0.3 is 0 Å². The summed E-state index contributed by atoms with van der Waals surface area (Å²) in [6, 6.07) is 9.60. The van der Waals surface area contributed by atoms with Gasteiger partial charge in [-0.05, 0) is 43.4 Å². The van der Waals surface area contributed by atoms with E-state index in [4.69, 9.17) is 0 Å². The summed E-state index contributed by atoms with van der Waals surface area (Å²) >= 11 is 0. The zero-order valence-electron chi connectivity index (χ0n) is 11.5. The number of rotatable bonds is 5. The summed E-state index contributed by atoms with van der Waals surface area (Å²) < 4.78 is 0. The first-order valence-electron chi connectivity index (χ1n) is 7.39. The maximum Gasteiger partial charge on any atom is 0.0253 e. The first-order chi connectivity index (χ1) is 8.88. The first kappa shape index (κ1) is 13.4. The van der Waals surface area contributed by atoms with Gasteiger partial charge in [-0.1, -0.05) is 56.2 Å². The van der Waals surface area contributed by atoms with E-state index >= 15 is 0 Å². The quantitative estimate of drug-likeness (QED) is 0.818. The van der Waals surface area contributed by atoms with Crippen LogP contribution in [0.4, 0.5) is 0 Å². The smallest absolute Gasteiger partial charge is 0.0253 e. The number of nitrogens with one attached hydrogen (secondary N) is 1. The van der Waals surface area contributed by atoms with Crippen molar-refractivity contribution < 1.29 is 0 Å². The van der Waals surface area contributed by atoms with Crippen molar-refractivity contribution >= 4 is 6.08 Å². The Labute approximate surface area is 111 Å². The Bertz CT molecular complexity index is 358. The van der Waals surface area contributed by atoms with Gasteiger partial charge in [0.25, 0.3) is 0 Å². The molecule has 0 aromatic heterocycles. The monoisotopic (exact) mass is 243 g/mol. The highest BCUT2D eigenvalue weighted by atomic mass is 14.9. The van der Waals surface area contributed by atoms with Crippen LogP contribution in [-0.2, 0) is 6.42 Å². The van der Waals surface area contributed by atoms with E-state index in [0.717, 1.165) is 0 Å². The van der Waals surface area contributed by atoms with Gasteiger partial charge < -0.3 is 5.32 Å². The molecule has 0 bridgehead atoms. The summed E-state index contributed by atoms with van der Waals surface area (Å²) in [5, 5.41) is 3.54. The summed E-state index contributed by atoms with van der Waals surface area (Å²) in [5.74, 6) is 0. The van der Waals surface area contributed by atoms with Gasteiger partial charge in [0.05, 0.1) is 0 Å². The summed E-state index contributed by atoms with van der Waals surface area (Å²) in [6.07, 6.45) is 12.3. The average molecular weight is 243 g/mol. The molecule has 1 heteroatoms. The molecule has 1 heterocycles. The molecular formula is C17H25N. The molecule has 1 aliphatic rings. The molecule has 1 atom stereocenters. The van der Waals surface area contributed by atoms with Crippen LogP contribution in [0.2, 0.25) is 0 Å². The molecule has 0 aliphatic carbocycles. The van der Waals surface area contributed by atoms with Crippen molar-refractivity contribution in [2.75, 3.05) is 6.54 Å². The molecule has 2 rings (SSSR count). The molecular weight excluding hydrogens is 218 g/mol. The lowest BCUT2D eigenvalue weighted by Gasteiger charge is -2.20. The van der Waals surface area contributed by atoms with Gasteiger partial charge in [-0.15, -0.1) is 0 Å². The fourth-order valence-corrected chi connectivity index (χ4v) is 2.45. The lowest BCUT2D eigenvalue weighted by Crippen LogP contribution is -2.31. The van der Waals surface area contributed by atoms with Crippen LogP contribution in [-0.4, -0.2) is 12.6 Å². The Kier molecular flexibility index (Phi) is 5.47. The SMILES string of the molecule is CCCCc1ccc(/C=C/C2CCCCN2)cc1. The van der Waals surface area contributed by atoms with Crippen molar-refractivity contribution in [2.45, 2.75) is 51.5 Å². The van der Waals surface area contributed by atoms with Gasteiger partial charge in [-0.2, -0.15) is 0 Å². The molecule has 0 amide bonds. The zero-order valence-corrected chi connectivity index (χ0v) is 11.5. The van der Waals surface area contributed by atoms with Crippen LogP contribution in [0.3, 0.4) is 0 Å². The molecule has 1 unspecified atom stereocenters. The molecule has 1 N–H and O–H groups in total. The average Bonchev–Trinajstić information content (AvgIpc) is 2.45. The van der Waals surface area contributed by atoms with Crippen LogP contribution >= 0.6 is 0 Å². The minimum absolute atomic E-state index is 0.582. The normalized spacial score (nSPS) is 20.4. The highest BCUT2D eigenvalue weighted by Crippen LogP contribution is 2.12. The molecule has 0 radical (unpaired) electrons. The molecule has 0 spiro atoms. The predicted molar refractivity (Wildman–Crippen MR) is 79.7 cm³/mol. The number of piperidine rings is 1. The molecule has 0 saturated carbocycles. The van der Waals surface area contributed by atoms with Gasteiger partial charge in [0.2, 0.25) is 0 Å². The Morgan fingerprint density at radius 1 is 1.22 bits per heavy atom. The van der Waals surface area contributed by atoms with Crippen LogP contribution in [0.15, 0.2) is 30.3 Å². The van der Waals surface area contributed by atoms with Crippen LogP contribution in [0, 0.1) is 0 Å². The third-order valence-electron chi connectivity index (χ3n) is 3.67. The largest absolute Gasteiger partial charge is 0.311 e. The Hall–Kier alpha value is -1.08. The molecule has 1 aromatic rings. The van der Waals surface area contributed by atoms with E-state index in [1.165, 1.54) is 56.2 Å². The van der Waals surface area contributed by atoms with Crippen molar-refractivity contribution in [3.63, 3.8) is 0 Å². The highest BCUT2D eigenvalue weighted by molar-refractivity contribution is 5.50. The van der Waals surface area contributed by atoms with E-state index in [0.29, 0.717) is 6.04 Å². The van der Waals surface area contributed by atoms with Crippen LogP contribution in [0.25, 0.3) is 6.08 Å². The van der Waals surface area contributed by atoms with Gasteiger partial charge in [0, 0.05) is 6.04 Å². The maximum atomic E-state index is 3.54. The van der Waals surface area contributed by atoms with E-state index in [1.807, 2.05) is 0 Å². The molecule has 1 aromatic carbocycles. The fraction of sp³-hybridized carbons (Fsp3) is 0.529. The van der Waals surface area contributed by atoms with Gasteiger partial charge in [-0.25, -0.2) is 0 Å². The van der Waals surface area contributed by atoms with Gasteiger partial charge in [-0.3, -0.25) is 0 Å². The third kappa shape index (κ3) is 4.30. The van der Waals surface area contributed by atoms with E-state index in [2.05, 4.69) is 48.7 Å². The zero-order chi connectivity index (χ0) is 12.6. The predicted octanol–water partition coefficient (Wildman–Crippen LogP) is 4.18. The number of hydrogen-bond acceptors (Lipinski definition) is 1. The summed E-state index contributed by atoms with van der Waals surface area (Å²) in [4.78, 5) is 0.